The number of fused-ring (bicyclic) bond motifs is 1. The van der Waals surface area contributed by atoms with Gasteiger partial charge in [-0.3, -0.25) is 4.79 Å². The average molecular weight is 273 g/mol. The molecule has 0 aromatic heterocycles. The predicted octanol–water partition coefficient (Wildman–Crippen LogP) is 1.99. The van der Waals surface area contributed by atoms with E-state index in [1.54, 1.807) is 0 Å². The molecule has 1 aromatic rings. The third-order valence-corrected chi connectivity index (χ3v) is 4.92. The quantitative estimate of drug-likeness (QED) is 0.916. The Labute approximate surface area is 120 Å². The van der Waals surface area contributed by atoms with E-state index in [-0.39, 0.29) is 11.3 Å². The second-order valence-corrected chi connectivity index (χ2v) is 6.19. The Morgan fingerprint density at radius 2 is 1.95 bits per heavy atom. The number of amides is 1. The van der Waals surface area contributed by atoms with Crippen LogP contribution in [0.4, 0.5) is 11.4 Å². The molecule has 0 spiro atoms. The normalized spacial score (nSPS) is 20.3. The molecule has 4 nitrogen and oxygen atoms in total. The lowest BCUT2D eigenvalue weighted by atomic mass is 9.66. The molecule has 1 heterocycles. The van der Waals surface area contributed by atoms with Crippen LogP contribution >= 0.6 is 0 Å². The Hall–Kier alpha value is -1.55. The van der Waals surface area contributed by atoms with Crippen molar-refractivity contribution in [2.75, 3.05) is 36.5 Å². The molecule has 0 unspecified atom stereocenters. The van der Waals surface area contributed by atoms with Crippen LogP contribution in [0, 0.1) is 5.41 Å². The van der Waals surface area contributed by atoms with Gasteiger partial charge in [-0.15, -0.1) is 0 Å². The maximum atomic E-state index is 12.7. The first kappa shape index (κ1) is 13.4. The van der Waals surface area contributed by atoms with E-state index in [2.05, 4.69) is 18.0 Å². The molecule has 1 aliphatic heterocycles. The number of rotatable bonds is 3. The van der Waals surface area contributed by atoms with E-state index in [0.29, 0.717) is 13.0 Å². The highest BCUT2D eigenvalue weighted by molar-refractivity contribution is 5.98. The number of anilines is 2. The zero-order valence-corrected chi connectivity index (χ0v) is 12.1. The van der Waals surface area contributed by atoms with E-state index < -0.39 is 0 Å². The van der Waals surface area contributed by atoms with Crippen LogP contribution in [0.5, 0.6) is 0 Å². The largest absolute Gasteiger partial charge is 0.371 e. The molecule has 2 aliphatic rings. The summed E-state index contributed by atoms with van der Waals surface area (Å²) in [6.45, 7) is 2.29. The summed E-state index contributed by atoms with van der Waals surface area (Å²) >= 11 is 0. The Kier molecular flexibility index (Phi) is 3.42. The Balaban J connectivity index is 1.81. The SMILES string of the molecule is CN1CCN(C(=O)CC2(CN)CCC2)c2ccccc21. The molecule has 0 radical (unpaired) electrons. The molecule has 20 heavy (non-hydrogen) atoms. The number of hydrogen-bond acceptors (Lipinski definition) is 3. The van der Waals surface area contributed by atoms with Crippen molar-refractivity contribution in [1.29, 1.82) is 0 Å². The number of carbonyl (C=O) groups is 1. The fourth-order valence-electron chi connectivity index (χ4n) is 3.31. The topological polar surface area (TPSA) is 49.6 Å². The fraction of sp³-hybridized carbons (Fsp3) is 0.562. The lowest BCUT2D eigenvalue weighted by molar-refractivity contribution is -0.122. The van der Waals surface area contributed by atoms with Gasteiger partial charge in [0.1, 0.15) is 0 Å². The van der Waals surface area contributed by atoms with Gasteiger partial charge in [0.15, 0.2) is 0 Å². The minimum atomic E-state index is 0.0787. The molecule has 2 N–H and O–H groups in total. The standard InChI is InChI=1S/C16H23N3O/c1-18-9-10-19(14-6-3-2-5-13(14)18)15(20)11-16(12-17)7-4-8-16/h2-3,5-6H,4,7-12,17H2,1H3. The van der Waals surface area contributed by atoms with Gasteiger partial charge in [0.2, 0.25) is 5.91 Å². The van der Waals surface area contributed by atoms with Crippen LogP contribution in [0.2, 0.25) is 0 Å². The number of likely N-dealkylation sites (N-methyl/N-ethyl adjacent to an activating group) is 1. The molecule has 1 saturated carbocycles. The summed E-state index contributed by atoms with van der Waals surface area (Å²) in [5.74, 6) is 0.232. The summed E-state index contributed by atoms with van der Waals surface area (Å²) in [7, 11) is 2.08. The van der Waals surface area contributed by atoms with Crippen molar-refractivity contribution in [3.05, 3.63) is 24.3 Å². The van der Waals surface area contributed by atoms with Crippen LogP contribution in [-0.4, -0.2) is 32.6 Å². The van der Waals surface area contributed by atoms with Crippen molar-refractivity contribution in [2.24, 2.45) is 11.1 Å². The summed E-state index contributed by atoms with van der Waals surface area (Å²) in [6, 6.07) is 8.15. The molecule has 108 valence electrons. The fourth-order valence-corrected chi connectivity index (χ4v) is 3.31. The smallest absolute Gasteiger partial charge is 0.227 e. The first-order chi connectivity index (χ1) is 9.65. The highest BCUT2D eigenvalue weighted by Gasteiger charge is 2.39. The maximum Gasteiger partial charge on any atom is 0.227 e. The van der Waals surface area contributed by atoms with Crippen molar-refractivity contribution < 1.29 is 4.79 Å². The minimum Gasteiger partial charge on any atom is -0.371 e. The predicted molar refractivity (Wildman–Crippen MR) is 82.0 cm³/mol. The lowest BCUT2D eigenvalue weighted by Crippen LogP contribution is -2.47. The molecule has 0 atom stereocenters. The van der Waals surface area contributed by atoms with Gasteiger partial charge in [0.05, 0.1) is 11.4 Å². The molecule has 1 fully saturated rings. The van der Waals surface area contributed by atoms with E-state index in [1.807, 2.05) is 23.1 Å². The molecule has 1 aromatic carbocycles. The number of carbonyl (C=O) groups excluding carboxylic acids is 1. The van der Waals surface area contributed by atoms with E-state index >= 15 is 0 Å². The van der Waals surface area contributed by atoms with Crippen LogP contribution in [0.1, 0.15) is 25.7 Å². The van der Waals surface area contributed by atoms with E-state index in [9.17, 15) is 4.79 Å². The molecule has 0 bridgehead atoms. The number of nitrogens with two attached hydrogens (primary N) is 1. The van der Waals surface area contributed by atoms with Crippen LogP contribution in [0.25, 0.3) is 0 Å². The summed E-state index contributed by atoms with van der Waals surface area (Å²) in [4.78, 5) is 16.8. The van der Waals surface area contributed by atoms with Gasteiger partial charge in [-0.1, -0.05) is 18.6 Å². The average Bonchev–Trinajstić information content (AvgIpc) is 2.43. The van der Waals surface area contributed by atoms with Crippen molar-refractivity contribution >= 4 is 17.3 Å². The van der Waals surface area contributed by atoms with Crippen molar-refractivity contribution in [3.63, 3.8) is 0 Å². The number of nitrogens with zero attached hydrogens (tertiary/aromatic N) is 2. The molecular formula is C16H23N3O. The van der Waals surface area contributed by atoms with Crippen molar-refractivity contribution in [1.82, 2.24) is 0 Å². The van der Waals surface area contributed by atoms with Crippen LogP contribution in [0.3, 0.4) is 0 Å². The molecule has 0 saturated heterocycles. The van der Waals surface area contributed by atoms with Gasteiger partial charge >= 0.3 is 0 Å². The first-order valence-electron chi connectivity index (χ1n) is 7.46. The number of benzene rings is 1. The monoisotopic (exact) mass is 273 g/mol. The molecule has 3 rings (SSSR count). The van der Waals surface area contributed by atoms with Gasteiger partial charge in [0.25, 0.3) is 0 Å². The van der Waals surface area contributed by atoms with Crippen molar-refractivity contribution in [2.45, 2.75) is 25.7 Å². The summed E-state index contributed by atoms with van der Waals surface area (Å²) in [5, 5.41) is 0. The second-order valence-electron chi connectivity index (χ2n) is 6.19. The summed E-state index contributed by atoms with van der Waals surface area (Å²) in [6.07, 6.45) is 4.01. The zero-order chi connectivity index (χ0) is 14.2. The van der Waals surface area contributed by atoms with Crippen LogP contribution in [0.15, 0.2) is 24.3 Å². The highest BCUT2D eigenvalue weighted by atomic mass is 16.2. The van der Waals surface area contributed by atoms with Crippen molar-refractivity contribution in [3.8, 4) is 0 Å². The lowest BCUT2D eigenvalue weighted by Gasteiger charge is -2.43. The van der Waals surface area contributed by atoms with Gasteiger partial charge in [-0.25, -0.2) is 0 Å². The summed E-state index contributed by atoms with van der Waals surface area (Å²) in [5.41, 5.74) is 8.14. The van der Waals surface area contributed by atoms with Gasteiger partial charge in [-0.05, 0) is 36.9 Å². The van der Waals surface area contributed by atoms with E-state index in [1.165, 1.54) is 6.42 Å². The second kappa shape index (κ2) is 5.09. The molecule has 1 aliphatic carbocycles. The van der Waals surface area contributed by atoms with Crippen LogP contribution < -0.4 is 15.5 Å². The third kappa shape index (κ3) is 2.18. The zero-order valence-electron chi connectivity index (χ0n) is 12.1. The highest BCUT2D eigenvalue weighted by Crippen LogP contribution is 2.44. The number of para-hydroxylation sites is 2. The van der Waals surface area contributed by atoms with Crippen LogP contribution in [-0.2, 0) is 4.79 Å². The third-order valence-electron chi connectivity index (χ3n) is 4.92. The first-order valence-corrected chi connectivity index (χ1v) is 7.46. The molecule has 4 heteroatoms. The maximum absolute atomic E-state index is 12.7. The van der Waals surface area contributed by atoms with Gasteiger partial charge in [0, 0.05) is 26.6 Å². The molecule has 1 amide bonds. The van der Waals surface area contributed by atoms with Gasteiger partial charge < -0.3 is 15.5 Å². The van der Waals surface area contributed by atoms with E-state index in [0.717, 1.165) is 37.3 Å². The Morgan fingerprint density at radius 3 is 2.55 bits per heavy atom. The Morgan fingerprint density at radius 1 is 1.25 bits per heavy atom. The van der Waals surface area contributed by atoms with Gasteiger partial charge in [-0.2, -0.15) is 0 Å². The minimum absolute atomic E-state index is 0.0787. The summed E-state index contributed by atoms with van der Waals surface area (Å²) < 4.78 is 0. The Bertz CT molecular complexity index is 505. The molecular weight excluding hydrogens is 250 g/mol. The van der Waals surface area contributed by atoms with E-state index in [4.69, 9.17) is 5.73 Å². The number of hydrogen-bond donors (Lipinski definition) is 1.